The first-order chi connectivity index (χ1) is 18.0. The Balaban J connectivity index is 2.51. The molecule has 210 valence electrons. The van der Waals surface area contributed by atoms with Crippen LogP contribution in [0.25, 0.3) is 5.70 Å². The van der Waals surface area contributed by atoms with Crippen LogP contribution in [0.5, 0.6) is 0 Å². The molecule has 2 N–H and O–H groups in total. The van der Waals surface area contributed by atoms with Gasteiger partial charge in [-0.15, -0.1) is 0 Å². The molecular formula is C30H40F4IN3. The minimum atomic E-state index is -4.52. The fraction of sp³-hybridized carbons (Fsp3) is 0.433. The van der Waals surface area contributed by atoms with Gasteiger partial charge in [-0.2, -0.15) is 0 Å². The van der Waals surface area contributed by atoms with Crippen LogP contribution < -0.4 is 10.6 Å². The first-order valence-corrected chi connectivity index (χ1v) is 17.7. The molecule has 0 aliphatic carbocycles. The summed E-state index contributed by atoms with van der Waals surface area (Å²) in [7, 11) is 1.57. The number of amidine groups is 1. The summed E-state index contributed by atoms with van der Waals surface area (Å²) in [5, 5.41) is 6.13. The Morgan fingerprint density at radius 3 is 2.34 bits per heavy atom. The Bertz CT molecular complexity index is 1110. The van der Waals surface area contributed by atoms with Crippen molar-refractivity contribution >= 4 is 31.4 Å². The van der Waals surface area contributed by atoms with E-state index in [2.05, 4.69) is 47.6 Å². The summed E-state index contributed by atoms with van der Waals surface area (Å²) < 4.78 is 58.0. The van der Waals surface area contributed by atoms with Gasteiger partial charge < -0.3 is 0 Å². The number of aliphatic imine (C=N–C) groups is 1. The van der Waals surface area contributed by atoms with Crippen LogP contribution in [0.4, 0.5) is 17.6 Å². The van der Waals surface area contributed by atoms with E-state index in [4.69, 9.17) is 0 Å². The zero-order valence-corrected chi connectivity index (χ0v) is 25.0. The van der Waals surface area contributed by atoms with Crippen LogP contribution >= 0.6 is 19.8 Å². The summed E-state index contributed by atoms with van der Waals surface area (Å²) in [5.74, 6) is 0.112. The van der Waals surface area contributed by atoms with Crippen molar-refractivity contribution in [1.82, 2.24) is 10.6 Å². The molecule has 0 fully saturated rings. The van der Waals surface area contributed by atoms with Gasteiger partial charge in [0, 0.05) is 0 Å². The number of halogens is 5. The van der Waals surface area contributed by atoms with Crippen LogP contribution in [0, 0.1) is 9.39 Å². The molecule has 3 nitrogen and oxygen atoms in total. The van der Waals surface area contributed by atoms with Gasteiger partial charge >= 0.3 is 233 Å². The normalized spacial score (nSPS) is 13.3. The Hall–Kier alpha value is -2.20. The van der Waals surface area contributed by atoms with E-state index in [1.54, 1.807) is 19.2 Å². The van der Waals surface area contributed by atoms with Crippen LogP contribution in [-0.2, 0) is 6.18 Å². The second kappa shape index (κ2) is 15.4. The molecule has 0 saturated heterocycles. The number of hydrogen-bond acceptors (Lipinski definition) is 2. The van der Waals surface area contributed by atoms with Crippen molar-refractivity contribution in [3.63, 3.8) is 0 Å². The SMILES string of the molecule is C=C(CCCCCC)/C(=N\C(NC)c1ccccc1C(F)(F)F)NC(=C)c1cccc(F)c1I(C)CCC. The fourth-order valence-corrected chi connectivity index (χ4v) is 8.88. The number of nitrogens with one attached hydrogen (secondary N) is 2. The third kappa shape index (κ3) is 8.93. The minimum absolute atomic E-state index is 0.0163. The molecule has 0 amide bonds. The molecular weight excluding hydrogens is 605 g/mol. The summed E-state index contributed by atoms with van der Waals surface area (Å²) in [5.41, 5.74) is 1.09. The summed E-state index contributed by atoms with van der Waals surface area (Å²) in [6, 6.07) is 10.4. The van der Waals surface area contributed by atoms with Crippen LogP contribution in [0.15, 0.2) is 66.2 Å². The summed E-state index contributed by atoms with van der Waals surface area (Å²) >= 11 is -1.77. The molecule has 0 aliphatic heterocycles. The zero-order valence-electron chi connectivity index (χ0n) is 22.8. The molecule has 0 radical (unpaired) electrons. The Kier molecular flexibility index (Phi) is 13.0. The summed E-state index contributed by atoms with van der Waals surface area (Å²) in [6.45, 7) is 12.6. The predicted molar refractivity (Wildman–Crippen MR) is 161 cm³/mol. The quantitative estimate of drug-likeness (QED) is 0.0538. The second-order valence-electron chi connectivity index (χ2n) is 9.15. The Morgan fingerprint density at radius 2 is 1.71 bits per heavy atom. The third-order valence-corrected chi connectivity index (χ3v) is 11.7. The first-order valence-electron chi connectivity index (χ1n) is 12.9. The van der Waals surface area contributed by atoms with Gasteiger partial charge in [0.1, 0.15) is 0 Å². The van der Waals surface area contributed by atoms with Crippen LogP contribution in [-0.4, -0.2) is 22.2 Å². The van der Waals surface area contributed by atoms with Crippen molar-refractivity contribution in [3.8, 4) is 0 Å². The first kappa shape index (κ1) is 32.0. The van der Waals surface area contributed by atoms with Gasteiger partial charge in [-0.25, -0.2) is 0 Å². The van der Waals surface area contributed by atoms with E-state index in [0.717, 1.165) is 46.2 Å². The molecule has 0 heterocycles. The molecule has 2 rings (SSSR count). The molecule has 1 unspecified atom stereocenters. The molecule has 0 aliphatic rings. The average molecular weight is 646 g/mol. The topological polar surface area (TPSA) is 36.4 Å². The number of hydrogen-bond donors (Lipinski definition) is 2. The number of alkyl halides is 5. The van der Waals surface area contributed by atoms with E-state index in [-0.39, 0.29) is 11.4 Å². The van der Waals surface area contributed by atoms with E-state index in [9.17, 15) is 17.6 Å². The molecule has 0 saturated carbocycles. The van der Waals surface area contributed by atoms with Crippen molar-refractivity contribution in [3.05, 3.63) is 87.3 Å². The summed E-state index contributed by atoms with van der Waals surface area (Å²) in [6.07, 6.45) is 0.185. The van der Waals surface area contributed by atoms with Crippen LogP contribution in [0.3, 0.4) is 0 Å². The Morgan fingerprint density at radius 1 is 1.00 bits per heavy atom. The molecule has 8 heteroatoms. The molecule has 38 heavy (non-hydrogen) atoms. The van der Waals surface area contributed by atoms with E-state index in [1.165, 1.54) is 18.2 Å². The van der Waals surface area contributed by atoms with Gasteiger partial charge in [-0.3, -0.25) is 0 Å². The van der Waals surface area contributed by atoms with Crippen molar-refractivity contribution in [2.75, 3.05) is 16.4 Å². The van der Waals surface area contributed by atoms with Gasteiger partial charge in [-0.1, -0.05) is 0 Å². The second-order valence-corrected chi connectivity index (χ2v) is 14.7. The van der Waals surface area contributed by atoms with E-state index < -0.39 is 37.7 Å². The number of nitrogens with zero attached hydrogens (tertiary/aromatic N) is 1. The molecule has 0 aromatic heterocycles. The number of unbranched alkanes of at least 4 members (excludes halogenated alkanes) is 3. The maximum atomic E-state index is 15.0. The van der Waals surface area contributed by atoms with Gasteiger partial charge in [0.05, 0.1) is 0 Å². The fourth-order valence-electron chi connectivity index (χ4n) is 4.16. The van der Waals surface area contributed by atoms with Crippen molar-refractivity contribution in [1.29, 1.82) is 0 Å². The number of rotatable bonds is 14. The van der Waals surface area contributed by atoms with Gasteiger partial charge in [-0.05, 0) is 0 Å². The van der Waals surface area contributed by atoms with Crippen molar-refractivity contribution in [2.45, 2.75) is 64.7 Å². The van der Waals surface area contributed by atoms with Crippen molar-refractivity contribution in [2.24, 2.45) is 4.99 Å². The molecule has 2 aromatic rings. The zero-order chi connectivity index (χ0) is 28.3. The predicted octanol–water partition coefficient (Wildman–Crippen LogP) is 8.96. The Labute approximate surface area is 232 Å². The summed E-state index contributed by atoms with van der Waals surface area (Å²) in [4.78, 5) is 6.82. The molecule has 0 bridgehead atoms. The van der Waals surface area contributed by atoms with E-state index in [0.29, 0.717) is 29.1 Å². The average Bonchev–Trinajstić information content (AvgIpc) is 2.88. The third-order valence-electron chi connectivity index (χ3n) is 6.10. The monoisotopic (exact) mass is 645 g/mol. The van der Waals surface area contributed by atoms with Gasteiger partial charge in [0.25, 0.3) is 0 Å². The van der Waals surface area contributed by atoms with Gasteiger partial charge in [0.15, 0.2) is 0 Å². The van der Waals surface area contributed by atoms with Crippen molar-refractivity contribution < 1.29 is 17.6 Å². The standard InChI is InChI=1S/C30H40F4IN3/c1-7-9-10-11-15-21(3)28(38-29(36-6)24-16-12-13-18-25(24)30(32,33)34)37-22(4)23-17-14-19-26(31)27(23)35(5)20-8-2/h12-14,16-19,29,36H,3-4,7-11,15,20H2,1-2,5-6H3,(H,37,38). The van der Waals surface area contributed by atoms with Crippen LogP contribution in [0.1, 0.15) is 75.2 Å². The number of benzene rings is 2. The van der Waals surface area contributed by atoms with E-state index >= 15 is 0 Å². The van der Waals surface area contributed by atoms with Crippen LogP contribution in [0.2, 0.25) is 0 Å². The molecule has 0 spiro atoms. The molecule has 1 atom stereocenters. The van der Waals surface area contributed by atoms with Gasteiger partial charge in [0.2, 0.25) is 0 Å². The van der Waals surface area contributed by atoms with E-state index in [1.807, 2.05) is 6.07 Å². The molecule has 2 aromatic carbocycles. The maximum absolute atomic E-state index is 15.0.